The van der Waals surface area contributed by atoms with E-state index in [1.165, 1.54) is 41.3 Å². The minimum absolute atomic E-state index is 0.116. The number of thioether (sulfide) groups is 1. The van der Waals surface area contributed by atoms with Crippen molar-refractivity contribution < 1.29 is 9.18 Å². The highest BCUT2D eigenvalue weighted by molar-refractivity contribution is 8.00. The first-order chi connectivity index (χ1) is 15.2. The summed E-state index contributed by atoms with van der Waals surface area (Å²) in [5.41, 5.74) is 3.51. The second kappa shape index (κ2) is 8.60. The van der Waals surface area contributed by atoms with Crippen LogP contribution in [0.25, 0.3) is 10.3 Å². The Kier molecular flexibility index (Phi) is 5.52. The van der Waals surface area contributed by atoms with E-state index in [2.05, 4.69) is 44.5 Å². The third-order valence-corrected chi connectivity index (χ3v) is 7.27. The van der Waals surface area contributed by atoms with Gasteiger partial charge in [-0.25, -0.2) is 14.4 Å². The van der Waals surface area contributed by atoms with Gasteiger partial charge in [0, 0.05) is 13.1 Å². The molecule has 6 nitrogen and oxygen atoms in total. The number of benzene rings is 2. The number of carbonyl (C=O) groups is 1. The number of thiazole rings is 1. The molecule has 0 unspecified atom stereocenters. The molecular weight excluding hydrogens is 433 g/mol. The topological polar surface area (TPSA) is 71.0 Å². The molecule has 1 amide bonds. The Balaban J connectivity index is 1.31. The van der Waals surface area contributed by atoms with E-state index in [1.54, 1.807) is 23.5 Å². The molecule has 0 atom stereocenters. The molecule has 3 heterocycles. The number of aromatic nitrogens is 3. The summed E-state index contributed by atoms with van der Waals surface area (Å²) in [6.45, 7) is 1.72. The third kappa shape index (κ3) is 4.24. The summed E-state index contributed by atoms with van der Waals surface area (Å²) in [5.74, 6) is -0.634. The Bertz CT molecular complexity index is 1260. The van der Waals surface area contributed by atoms with E-state index in [1.807, 2.05) is 0 Å². The summed E-state index contributed by atoms with van der Waals surface area (Å²) in [6.07, 6.45) is 2.45. The van der Waals surface area contributed by atoms with Gasteiger partial charge in [0.2, 0.25) is 5.91 Å². The number of halogens is 1. The monoisotopic (exact) mass is 451 g/mol. The largest absolute Gasteiger partial charge is 0.343 e. The predicted octanol–water partition coefficient (Wildman–Crippen LogP) is 4.52. The van der Waals surface area contributed by atoms with Gasteiger partial charge in [-0.2, -0.15) is 4.98 Å². The molecule has 2 aromatic carbocycles. The van der Waals surface area contributed by atoms with Gasteiger partial charge in [-0.1, -0.05) is 59.5 Å². The van der Waals surface area contributed by atoms with Crippen LogP contribution in [0.5, 0.6) is 0 Å². The molecule has 156 valence electrons. The SMILES string of the molecule is O=C(CSc1ncnc2nc(N3CCc4ccccc4C3)sc12)Nc1ccccc1F. The summed E-state index contributed by atoms with van der Waals surface area (Å²) in [6, 6.07) is 14.6. The van der Waals surface area contributed by atoms with E-state index in [9.17, 15) is 9.18 Å². The first-order valence-electron chi connectivity index (χ1n) is 9.78. The Morgan fingerprint density at radius 2 is 1.94 bits per heavy atom. The fraction of sp³-hybridized carbons (Fsp3) is 0.182. The fourth-order valence-electron chi connectivity index (χ4n) is 3.50. The van der Waals surface area contributed by atoms with Crippen LogP contribution in [0, 0.1) is 5.82 Å². The molecule has 9 heteroatoms. The molecule has 5 rings (SSSR count). The molecular formula is C22H18FN5OS2. The molecule has 0 bridgehead atoms. The summed E-state index contributed by atoms with van der Waals surface area (Å²) in [7, 11) is 0. The molecule has 2 aromatic heterocycles. The zero-order chi connectivity index (χ0) is 21.2. The van der Waals surface area contributed by atoms with Crippen molar-refractivity contribution in [2.45, 2.75) is 18.0 Å². The molecule has 0 radical (unpaired) electrons. The molecule has 0 spiro atoms. The molecule has 0 fully saturated rings. The number of fused-ring (bicyclic) bond motifs is 2. The smallest absolute Gasteiger partial charge is 0.234 e. The molecule has 1 aliphatic heterocycles. The maximum absolute atomic E-state index is 13.7. The van der Waals surface area contributed by atoms with Crippen molar-refractivity contribution in [2.75, 3.05) is 22.5 Å². The highest BCUT2D eigenvalue weighted by Gasteiger charge is 2.21. The van der Waals surface area contributed by atoms with Crippen LogP contribution < -0.4 is 10.2 Å². The number of carbonyl (C=O) groups excluding carboxylic acids is 1. The summed E-state index contributed by atoms with van der Waals surface area (Å²) in [4.78, 5) is 27.9. The Morgan fingerprint density at radius 1 is 1.13 bits per heavy atom. The van der Waals surface area contributed by atoms with Gasteiger partial charge >= 0.3 is 0 Å². The second-order valence-electron chi connectivity index (χ2n) is 7.08. The number of anilines is 2. The molecule has 0 aliphatic carbocycles. The van der Waals surface area contributed by atoms with E-state index < -0.39 is 5.82 Å². The van der Waals surface area contributed by atoms with Crippen LogP contribution in [0.15, 0.2) is 59.9 Å². The number of nitrogens with zero attached hydrogens (tertiary/aromatic N) is 4. The van der Waals surface area contributed by atoms with Crippen LogP contribution in [0.3, 0.4) is 0 Å². The molecule has 0 saturated carbocycles. The lowest BCUT2D eigenvalue weighted by Gasteiger charge is -2.28. The van der Waals surface area contributed by atoms with Gasteiger partial charge in [0.05, 0.1) is 11.4 Å². The van der Waals surface area contributed by atoms with E-state index in [4.69, 9.17) is 4.98 Å². The molecule has 1 N–H and O–H groups in total. The number of amides is 1. The van der Waals surface area contributed by atoms with Crippen molar-refractivity contribution in [3.8, 4) is 0 Å². The molecule has 4 aromatic rings. The van der Waals surface area contributed by atoms with Crippen LogP contribution in [0.4, 0.5) is 15.2 Å². The van der Waals surface area contributed by atoms with E-state index in [0.29, 0.717) is 10.7 Å². The van der Waals surface area contributed by atoms with Gasteiger partial charge in [0.1, 0.15) is 21.9 Å². The quantitative estimate of drug-likeness (QED) is 0.355. The maximum Gasteiger partial charge on any atom is 0.234 e. The first kappa shape index (κ1) is 19.9. The van der Waals surface area contributed by atoms with Crippen LogP contribution in [-0.4, -0.2) is 33.2 Å². The predicted molar refractivity (Wildman–Crippen MR) is 122 cm³/mol. The number of hydrogen-bond acceptors (Lipinski definition) is 7. The van der Waals surface area contributed by atoms with Crippen LogP contribution in [-0.2, 0) is 17.8 Å². The van der Waals surface area contributed by atoms with Gasteiger partial charge in [-0.15, -0.1) is 0 Å². The molecule has 0 saturated heterocycles. The van der Waals surface area contributed by atoms with Crippen molar-refractivity contribution in [3.05, 3.63) is 71.8 Å². The van der Waals surface area contributed by atoms with Gasteiger partial charge < -0.3 is 10.2 Å². The van der Waals surface area contributed by atoms with Gasteiger partial charge in [-0.05, 0) is 29.7 Å². The minimum atomic E-state index is -0.458. The standard InChI is InChI=1S/C22H18FN5OS2/c23-16-7-3-4-8-17(16)26-18(29)12-30-21-19-20(24-13-25-21)27-22(31-19)28-10-9-14-5-1-2-6-15(14)11-28/h1-8,13H,9-12H2,(H,26,29). The molecule has 31 heavy (non-hydrogen) atoms. The van der Waals surface area contributed by atoms with Crippen molar-refractivity contribution in [1.82, 2.24) is 15.0 Å². The number of para-hydroxylation sites is 1. The zero-order valence-electron chi connectivity index (χ0n) is 16.4. The first-order valence-corrected chi connectivity index (χ1v) is 11.6. The van der Waals surface area contributed by atoms with Crippen LogP contribution >= 0.6 is 23.1 Å². The number of rotatable bonds is 5. The average molecular weight is 452 g/mol. The van der Waals surface area contributed by atoms with Gasteiger partial charge in [0.25, 0.3) is 0 Å². The third-order valence-electron chi connectivity index (χ3n) is 5.04. The fourth-order valence-corrected chi connectivity index (χ4v) is 5.42. The molecule has 1 aliphatic rings. The second-order valence-corrected chi connectivity index (χ2v) is 9.03. The lowest BCUT2D eigenvalue weighted by Crippen LogP contribution is -2.30. The summed E-state index contributed by atoms with van der Waals surface area (Å²) in [5, 5.41) is 4.20. The van der Waals surface area contributed by atoms with E-state index >= 15 is 0 Å². The maximum atomic E-state index is 13.7. The van der Waals surface area contributed by atoms with Crippen molar-refractivity contribution >= 4 is 50.2 Å². The minimum Gasteiger partial charge on any atom is -0.343 e. The van der Waals surface area contributed by atoms with Gasteiger partial charge in [-0.3, -0.25) is 4.79 Å². The van der Waals surface area contributed by atoms with Crippen LogP contribution in [0.1, 0.15) is 11.1 Å². The normalized spacial score (nSPS) is 13.3. The number of hydrogen-bond donors (Lipinski definition) is 1. The van der Waals surface area contributed by atoms with Crippen LogP contribution in [0.2, 0.25) is 0 Å². The van der Waals surface area contributed by atoms with Crippen molar-refractivity contribution in [3.63, 3.8) is 0 Å². The van der Waals surface area contributed by atoms with E-state index in [-0.39, 0.29) is 17.3 Å². The summed E-state index contributed by atoms with van der Waals surface area (Å²) < 4.78 is 14.6. The summed E-state index contributed by atoms with van der Waals surface area (Å²) >= 11 is 2.84. The average Bonchev–Trinajstić information content (AvgIpc) is 3.24. The zero-order valence-corrected chi connectivity index (χ0v) is 18.0. The van der Waals surface area contributed by atoms with Crippen molar-refractivity contribution in [2.24, 2.45) is 0 Å². The highest BCUT2D eigenvalue weighted by atomic mass is 32.2. The lowest BCUT2D eigenvalue weighted by molar-refractivity contribution is -0.113. The Labute approximate surface area is 186 Å². The van der Waals surface area contributed by atoms with E-state index in [0.717, 1.165) is 29.3 Å². The van der Waals surface area contributed by atoms with Crippen molar-refractivity contribution in [1.29, 1.82) is 0 Å². The highest BCUT2D eigenvalue weighted by Crippen LogP contribution is 2.35. The lowest BCUT2D eigenvalue weighted by atomic mass is 10.0. The Morgan fingerprint density at radius 3 is 2.81 bits per heavy atom. The Hall–Kier alpha value is -3.04. The van der Waals surface area contributed by atoms with Gasteiger partial charge in [0.15, 0.2) is 10.8 Å². The number of nitrogens with one attached hydrogen (secondary N) is 1.